The highest BCUT2D eigenvalue weighted by Crippen LogP contribution is 2.22. The van der Waals surface area contributed by atoms with Gasteiger partial charge in [-0.25, -0.2) is 9.67 Å². The fourth-order valence-electron chi connectivity index (χ4n) is 2.29. The summed E-state index contributed by atoms with van der Waals surface area (Å²) < 4.78 is 6.59. The normalized spacial score (nSPS) is 17.8. The average Bonchev–Trinajstić information content (AvgIpc) is 2.90. The third kappa shape index (κ3) is 2.21. The van der Waals surface area contributed by atoms with Gasteiger partial charge in [0.15, 0.2) is 5.82 Å². The SMILES string of the molecule is COC(=O)C1CCc2nc(-c3ccncc3)nn2C1. The summed E-state index contributed by atoms with van der Waals surface area (Å²) in [5.41, 5.74) is 0.937. The summed E-state index contributed by atoms with van der Waals surface area (Å²) in [6.07, 6.45) is 4.94. The van der Waals surface area contributed by atoms with E-state index in [2.05, 4.69) is 15.1 Å². The van der Waals surface area contributed by atoms with Gasteiger partial charge in [-0.1, -0.05) is 0 Å². The van der Waals surface area contributed by atoms with Crippen LogP contribution in [0.2, 0.25) is 0 Å². The van der Waals surface area contributed by atoms with E-state index in [4.69, 9.17) is 4.74 Å². The quantitative estimate of drug-likeness (QED) is 0.754. The second-order valence-corrected chi connectivity index (χ2v) is 4.53. The first kappa shape index (κ1) is 11.8. The van der Waals surface area contributed by atoms with Crippen molar-refractivity contribution in [2.24, 2.45) is 5.92 Å². The molecule has 2 aromatic heterocycles. The molecule has 0 aliphatic carbocycles. The number of ether oxygens (including phenoxy) is 1. The molecule has 19 heavy (non-hydrogen) atoms. The van der Waals surface area contributed by atoms with Gasteiger partial charge >= 0.3 is 5.97 Å². The van der Waals surface area contributed by atoms with E-state index >= 15 is 0 Å². The van der Waals surface area contributed by atoms with Crippen LogP contribution in [0.25, 0.3) is 11.4 Å². The highest BCUT2D eigenvalue weighted by molar-refractivity contribution is 5.72. The molecule has 3 rings (SSSR count). The number of fused-ring (bicyclic) bond motifs is 1. The summed E-state index contributed by atoms with van der Waals surface area (Å²) in [5.74, 6) is 1.31. The van der Waals surface area contributed by atoms with Gasteiger partial charge in [0.2, 0.25) is 0 Å². The Morgan fingerprint density at radius 2 is 2.21 bits per heavy atom. The zero-order valence-corrected chi connectivity index (χ0v) is 10.6. The molecular formula is C13H14N4O2. The predicted octanol–water partition coefficient (Wildman–Crippen LogP) is 1.08. The number of carbonyl (C=O) groups excluding carboxylic acids is 1. The van der Waals surface area contributed by atoms with Gasteiger partial charge in [0, 0.05) is 24.4 Å². The van der Waals surface area contributed by atoms with Crippen LogP contribution in [-0.2, 0) is 22.5 Å². The molecule has 0 aromatic carbocycles. The summed E-state index contributed by atoms with van der Waals surface area (Å²) in [6, 6.07) is 3.75. The van der Waals surface area contributed by atoms with Crippen LogP contribution in [0.1, 0.15) is 12.2 Å². The lowest BCUT2D eigenvalue weighted by atomic mass is 10.0. The maximum absolute atomic E-state index is 11.6. The summed E-state index contributed by atoms with van der Waals surface area (Å²) in [5, 5.41) is 4.46. The van der Waals surface area contributed by atoms with Gasteiger partial charge in [0.25, 0.3) is 0 Å². The molecule has 3 heterocycles. The van der Waals surface area contributed by atoms with Gasteiger partial charge in [-0.15, -0.1) is 0 Å². The first-order chi connectivity index (χ1) is 9.28. The molecule has 0 amide bonds. The summed E-state index contributed by atoms with van der Waals surface area (Å²) >= 11 is 0. The lowest BCUT2D eigenvalue weighted by Crippen LogP contribution is -2.28. The van der Waals surface area contributed by atoms with Crippen LogP contribution in [0.3, 0.4) is 0 Å². The Morgan fingerprint density at radius 1 is 1.42 bits per heavy atom. The van der Waals surface area contributed by atoms with Gasteiger partial charge in [-0.05, 0) is 18.6 Å². The zero-order chi connectivity index (χ0) is 13.2. The third-order valence-corrected chi connectivity index (χ3v) is 3.33. The Balaban J connectivity index is 1.87. The molecule has 6 heteroatoms. The van der Waals surface area contributed by atoms with Crippen LogP contribution in [0.15, 0.2) is 24.5 Å². The van der Waals surface area contributed by atoms with Crippen molar-refractivity contribution in [2.45, 2.75) is 19.4 Å². The van der Waals surface area contributed by atoms with Crippen molar-refractivity contribution in [3.63, 3.8) is 0 Å². The van der Waals surface area contributed by atoms with Gasteiger partial charge in [0.05, 0.1) is 19.6 Å². The number of hydrogen-bond acceptors (Lipinski definition) is 5. The Labute approximate surface area is 110 Å². The van der Waals surface area contributed by atoms with E-state index in [0.717, 1.165) is 24.2 Å². The van der Waals surface area contributed by atoms with E-state index in [1.54, 1.807) is 17.1 Å². The van der Waals surface area contributed by atoms with Crippen molar-refractivity contribution in [3.8, 4) is 11.4 Å². The van der Waals surface area contributed by atoms with Crippen molar-refractivity contribution < 1.29 is 9.53 Å². The highest BCUT2D eigenvalue weighted by Gasteiger charge is 2.27. The summed E-state index contributed by atoms with van der Waals surface area (Å²) in [4.78, 5) is 20.0. The number of pyridine rings is 1. The monoisotopic (exact) mass is 258 g/mol. The van der Waals surface area contributed by atoms with Crippen LogP contribution >= 0.6 is 0 Å². The minimum absolute atomic E-state index is 0.121. The molecule has 0 N–H and O–H groups in total. The smallest absolute Gasteiger partial charge is 0.310 e. The van der Waals surface area contributed by atoms with Crippen LogP contribution in [0.5, 0.6) is 0 Å². The largest absolute Gasteiger partial charge is 0.469 e. The van der Waals surface area contributed by atoms with E-state index in [-0.39, 0.29) is 11.9 Å². The number of aryl methyl sites for hydroxylation is 1. The topological polar surface area (TPSA) is 69.9 Å². The van der Waals surface area contributed by atoms with Crippen molar-refractivity contribution in [1.29, 1.82) is 0 Å². The van der Waals surface area contributed by atoms with E-state index in [1.165, 1.54) is 7.11 Å². The number of carbonyl (C=O) groups is 1. The van der Waals surface area contributed by atoms with E-state index < -0.39 is 0 Å². The van der Waals surface area contributed by atoms with Gasteiger partial charge in [-0.2, -0.15) is 5.10 Å². The molecule has 98 valence electrons. The standard InChI is InChI=1S/C13H14N4O2/c1-19-13(18)10-2-3-11-15-12(16-17(11)8-10)9-4-6-14-7-5-9/h4-7,10H,2-3,8H2,1H3. The molecule has 1 atom stereocenters. The van der Waals surface area contributed by atoms with Crippen molar-refractivity contribution in [3.05, 3.63) is 30.4 Å². The first-order valence-electron chi connectivity index (χ1n) is 6.20. The maximum atomic E-state index is 11.6. The summed E-state index contributed by atoms with van der Waals surface area (Å²) in [7, 11) is 1.42. The molecule has 1 aliphatic heterocycles. The zero-order valence-electron chi connectivity index (χ0n) is 10.6. The van der Waals surface area contributed by atoms with Gasteiger partial charge in [0.1, 0.15) is 5.82 Å². The number of nitrogens with zero attached hydrogens (tertiary/aromatic N) is 4. The number of aromatic nitrogens is 4. The van der Waals surface area contributed by atoms with Crippen LogP contribution in [-0.4, -0.2) is 32.8 Å². The lowest BCUT2D eigenvalue weighted by molar-refractivity contribution is -0.146. The van der Waals surface area contributed by atoms with Crippen molar-refractivity contribution in [2.75, 3.05) is 7.11 Å². The number of esters is 1. The fourth-order valence-corrected chi connectivity index (χ4v) is 2.29. The molecule has 0 saturated heterocycles. The van der Waals surface area contributed by atoms with Crippen LogP contribution in [0, 0.1) is 5.92 Å². The Kier molecular flexibility index (Phi) is 2.98. The Bertz CT molecular complexity index is 594. The van der Waals surface area contributed by atoms with E-state index in [1.807, 2.05) is 12.1 Å². The van der Waals surface area contributed by atoms with Crippen LogP contribution in [0.4, 0.5) is 0 Å². The van der Waals surface area contributed by atoms with Gasteiger partial charge < -0.3 is 4.74 Å². The molecule has 0 saturated carbocycles. The Hall–Kier alpha value is -2.24. The number of rotatable bonds is 2. The second-order valence-electron chi connectivity index (χ2n) is 4.53. The first-order valence-corrected chi connectivity index (χ1v) is 6.20. The molecule has 2 aromatic rings. The molecule has 0 radical (unpaired) electrons. The van der Waals surface area contributed by atoms with E-state index in [9.17, 15) is 4.79 Å². The minimum atomic E-state index is -0.174. The van der Waals surface area contributed by atoms with E-state index in [0.29, 0.717) is 12.4 Å². The predicted molar refractivity (Wildman–Crippen MR) is 67.1 cm³/mol. The summed E-state index contributed by atoms with van der Waals surface area (Å²) in [6.45, 7) is 0.542. The molecule has 6 nitrogen and oxygen atoms in total. The second kappa shape index (κ2) is 4.79. The number of methoxy groups -OCH3 is 1. The molecule has 0 fully saturated rings. The molecule has 1 aliphatic rings. The van der Waals surface area contributed by atoms with Crippen LogP contribution < -0.4 is 0 Å². The van der Waals surface area contributed by atoms with Crippen molar-refractivity contribution >= 4 is 5.97 Å². The highest BCUT2D eigenvalue weighted by atomic mass is 16.5. The molecular weight excluding hydrogens is 244 g/mol. The third-order valence-electron chi connectivity index (χ3n) is 3.33. The Morgan fingerprint density at radius 3 is 2.95 bits per heavy atom. The average molecular weight is 258 g/mol. The van der Waals surface area contributed by atoms with Gasteiger partial charge in [-0.3, -0.25) is 9.78 Å². The maximum Gasteiger partial charge on any atom is 0.310 e. The van der Waals surface area contributed by atoms with Crippen molar-refractivity contribution in [1.82, 2.24) is 19.7 Å². The molecule has 0 spiro atoms. The number of hydrogen-bond donors (Lipinski definition) is 0. The minimum Gasteiger partial charge on any atom is -0.469 e. The fraction of sp³-hybridized carbons (Fsp3) is 0.385. The molecule has 0 bridgehead atoms. The molecule has 1 unspecified atom stereocenters. The lowest BCUT2D eigenvalue weighted by Gasteiger charge is -2.19.